The third-order valence-corrected chi connectivity index (χ3v) is 3.54. The summed E-state index contributed by atoms with van der Waals surface area (Å²) < 4.78 is 4.76. The Kier molecular flexibility index (Phi) is 4.01. The second-order valence-electron chi connectivity index (χ2n) is 5.01. The van der Waals surface area contributed by atoms with Crippen LogP contribution in [-0.2, 0) is 11.2 Å². The minimum atomic E-state index is -0.392. The van der Waals surface area contributed by atoms with Crippen LogP contribution in [-0.4, -0.2) is 23.3 Å². The maximum absolute atomic E-state index is 11.7. The highest BCUT2D eigenvalue weighted by Gasteiger charge is 2.15. The molecule has 0 saturated heterocycles. The average Bonchev–Trinajstić information content (AvgIpc) is 3.05. The summed E-state index contributed by atoms with van der Waals surface area (Å²) in [5, 5.41) is 6.79. The van der Waals surface area contributed by atoms with Crippen molar-refractivity contribution in [2.75, 3.05) is 7.11 Å². The first kappa shape index (κ1) is 14.1. The highest BCUT2D eigenvalue weighted by molar-refractivity contribution is 5.95. The molecule has 110 valence electrons. The molecule has 2 aromatic carbocycles. The van der Waals surface area contributed by atoms with Gasteiger partial charge in [0.05, 0.1) is 19.0 Å². The van der Waals surface area contributed by atoms with E-state index in [0.717, 1.165) is 12.0 Å². The quantitative estimate of drug-likeness (QED) is 0.749. The fourth-order valence-corrected chi connectivity index (χ4v) is 2.39. The molecule has 0 saturated carbocycles. The van der Waals surface area contributed by atoms with E-state index in [1.165, 1.54) is 24.4 Å². The van der Waals surface area contributed by atoms with Crippen LogP contribution in [0.15, 0.2) is 60.8 Å². The summed E-state index contributed by atoms with van der Waals surface area (Å²) in [6.45, 7) is 0. The molecule has 0 spiro atoms. The Hall–Kier alpha value is -2.88. The summed E-state index contributed by atoms with van der Waals surface area (Å²) in [6.07, 6.45) is 2.37. The van der Waals surface area contributed by atoms with Gasteiger partial charge in [-0.3, -0.25) is 5.10 Å². The molecule has 1 aromatic heterocycles. The summed E-state index contributed by atoms with van der Waals surface area (Å²) in [6, 6.07) is 18.4. The maximum Gasteiger partial charge on any atom is 0.341 e. The van der Waals surface area contributed by atoms with Gasteiger partial charge in [-0.05, 0) is 17.5 Å². The van der Waals surface area contributed by atoms with Crippen molar-refractivity contribution < 1.29 is 9.53 Å². The Balaban J connectivity index is 1.83. The zero-order valence-electron chi connectivity index (χ0n) is 12.2. The molecular weight excluding hydrogens is 276 g/mol. The van der Waals surface area contributed by atoms with E-state index in [4.69, 9.17) is 4.74 Å². The van der Waals surface area contributed by atoms with E-state index in [9.17, 15) is 4.79 Å². The van der Waals surface area contributed by atoms with Gasteiger partial charge in [0.1, 0.15) is 5.56 Å². The molecule has 1 N–H and O–H groups in total. The molecule has 0 aliphatic carbocycles. The van der Waals surface area contributed by atoms with Crippen LogP contribution in [0, 0.1) is 0 Å². The molecule has 1 heterocycles. The molecular formula is C18H16N2O2. The average molecular weight is 292 g/mol. The molecule has 0 aliphatic heterocycles. The van der Waals surface area contributed by atoms with Crippen LogP contribution < -0.4 is 0 Å². The first-order valence-electron chi connectivity index (χ1n) is 7.03. The monoisotopic (exact) mass is 292 g/mol. The normalized spacial score (nSPS) is 10.4. The summed E-state index contributed by atoms with van der Waals surface area (Å²) in [5.74, 6) is -0.392. The minimum Gasteiger partial charge on any atom is -0.465 e. The molecule has 0 amide bonds. The second-order valence-corrected chi connectivity index (χ2v) is 5.01. The molecule has 4 heteroatoms. The van der Waals surface area contributed by atoms with Crippen molar-refractivity contribution in [2.24, 2.45) is 0 Å². The van der Waals surface area contributed by atoms with Crippen LogP contribution in [0.1, 0.15) is 21.5 Å². The van der Waals surface area contributed by atoms with Gasteiger partial charge in [-0.2, -0.15) is 5.10 Å². The molecule has 22 heavy (non-hydrogen) atoms. The number of rotatable bonds is 4. The van der Waals surface area contributed by atoms with Gasteiger partial charge in [0, 0.05) is 5.56 Å². The molecule has 0 atom stereocenters. The number of hydrogen-bond acceptors (Lipinski definition) is 3. The smallest absolute Gasteiger partial charge is 0.341 e. The molecule has 3 aromatic rings. The number of esters is 1. The van der Waals surface area contributed by atoms with E-state index in [2.05, 4.69) is 34.5 Å². The van der Waals surface area contributed by atoms with Gasteiger partial charge in [-0.15, -0.1) is 0 Å². The van der Waals surface area contributed by atoms with Crippen molar-refractivity contribution in [1.82, 2.24) is 10.2 Å². The van der Waals surface area contributed by atoms with Gasteiger partial charge in [0.15, 0.2) is 0 Å². The summed E-state index contributed by atoms with van der Waals surface area (Å²) >= 11 is 0. The topological polar surface area (TPSA) is 55.0 Å². The van der Waals surface area contributed by atoms with Gasteiger partial charge >= 0.3 is 5.97 Å². The van der Waals surface area contributed by atoms with Crippen LogP contribution >= 0.6 is 0 Å². The number of aromatic nitrogens is 2. The summed E-state index contributed by atoms with van der Waals surface area (Å²) in [4.78, 5) is 11.7. The Morgan fingerprint density at radius 1 is 1.05 bits per heavy atom. The molecule has 3 rings (SSSR count). The number of benzene rings is 2. The highest BCUT2D eigenvalue weighted by atomic mass is 16.5. The van der Waals surface area contributed by atoms with E-state index in [1.807, 2.05) is 30.3 Å². The minimum absolute atomic E-state index is 0.392. The number of methoxy groups -OCH3 is 1. The predicted octanol–water partition coefficient (Wildman–Crippen LogP) is 3.45. The van der Waals surface area contributed by atoms with E-state index in [-0.39, 0.29) is 0 Å². The van der Waals surface area contributed by atoms with Gasteiger partial charge in [-0.1, -0.05) is 54.6 Å². The van der Waals surface area contributed by atoms with Gasteiger partial charge in [0.25, 0.3) is 0 Å². The van der Waals surface area contributed by atoms with E-state index < -0.39 is 5.97 Å². The van der Waals surface area contributed by atoms with Crippen molar-refractivity contribution in [3.63, 3.8) is 0 Å². The Bertz CT molecular complexity index is 761. The lowest BCUT2D eigenvalue weighted by atomic mass is 10.0. The molecule has 0 radical (unpaired) electrons. The number of ether oxygens (including phenoxy) is 1. The van der Waals surface area contributed by atoms with Gasteiger partial charge in [-0.25, -0.2) is 4.79 Å². The van der Waals surface area contributed by atoms with Gasteiger partial charge < -0.3 is 4.74 Å². The fourth-order valence-electron chi connectivity index (χ4n) is 2.39. The molecule has 0 aliphatic rings. The lowest BCUT2D eigenvalue weighted by Gasteiger charge is -2.05. The van der Waals surface area contributed by atoms with E-state index >= 15 is 0 Å². The number of carbonyl (C=O) groups excluding carboxylic acids is 1. The Labute approximate surface area is 128 Å². The first-order chi connectivity index (χ1) is 10.8. The Morgan fingerprint density at radius 3 is 2.41 bits per heavy atom. The van der Waals surface area contributed by atoms with Crippen molar-refractivity contribution >= 4 is 5.97 Å². The number of aromatic amines is 1. The van der Waals surface area contributed by atoms with Crippen LogP contribution in [0.25, 0.3) is 11.3 Å². The summed E-state index contributed by atoms with van der Waals surface area (Å²) in [5.41, 5.74) is 4.52. The number of nitrogens with one attached hydrogen (secondary N) is 1. The van der Waals surface area contributed by atoms with Crippen LogP contribution in [0.5, 0.6) is 0 Å². The van der Waals surface area contributed by atoms with Crippen molar-refractivity contribution in [2.45, 2.75) is 6.42 Å². The van der Waals surface area contributed by atoms with Crippen molar-refractivity contribution in [3.05, 3.63) is 77.5 Å². The SMILES string of the molecule is COC(=O)c1cn[nH]c1-c1ccc(Cc2ccccc2)cc1. The van der Waals surface area contributed by atoms with Gasteiger partial charge in [0.2, 0.25) is 0 Å². The molecule has 0 bridgehead atoms. The molecule has 0 unspecified atom stereocenters. The maximum atomic E-state index is 11.7. The van der Waals surface area contributed by atoms with Crippen molar-refractivity contribution in [3.8, 4) is 11.3 Å². The first-order valence-corrected chi connectivity index (χ1v) is 7.03. The van der Waals surface area contributed by atoms with Crippen LogP contribution in [0.4, 0.5) is 0 Å². The number of carbonyl (C=O) groups is 1. The summed E-state index contributed by atoms with van der Waals surface area (Å²) in [7, 11) is 1.36. The third kappa shape index (κ3) is 2.91. The number of hydrogen-bond donors (Lipinski definition) is 1. The zero-order chi connectivity index (χ0) is 15.4. The van der Waals surface area contributed by atoms with Crippen molar-refractivity contribution in [1.29, 1.82) is 0 Å². The van der Waals surface area contributed by atoms with Crippen LogP contribution in [0.2, 0.25) is 0 Å². The van der Waals surface area contributed by atoms with E-state index in [0.29, 0.717) is 11.3 Å². The highest BCUT2D eigenvalue weighted by Crippen LogP contribution is 2.22. The lowest BCUT2D eigenvalue weighted by Crippen LogP contribution is -2.01. The van der Waals surface area contributed by atoms with E-state index in [1.54, 1.807) is 0 Å². The second kappa shape index (κ2) is 6.26. The predicted molar refractivity (Wildman–Crippen MR) is 84.6 cm³/mol. The fraction of sp³-hybridized carbons (Fsp3) is 0.111. The standard InChI is InChI=1S/C18H16N2O2/c1-22-18(21)16-12-19-20-17(16)15-9-7-14(8-10-15)11-13-5-3-2-4-6-13/h2-10,12H,11H2,1H3,(H,19,20). The molecule has 0 fully saturated rings. The Morgan fingerprint density at radius 2 is 1.73 bits per heavy atom. The number of H-pyrrole nitrogens is 1. The molecule has 4 nitrogen and oxygen atoms in total. The zero-order valence-corrected chi connectivity index (χ0v) is 12.2. The third-order valence-electron chi connectivity index (χ3n) is 3.54. The lowest BCUT2D eigenvalue weighted by molar-refractivity contribution is 0.0601. The van der Waals surface area contributed by atoms with Crippen LogP contribution in [0.3, 0.4) is 0 Å². The largest absolute Gasteiger partial charge is 0.465 e. The number of nitrogens with zero attached hydrogens (tertiary/aromatic N) is 1.